The minimum Gasteiger partial charge on any atom is -0.481 e. The number of carbonyl (C=O) groups is 2. The second kappa shape index (κ2) is 7.33. The molecule has 1 unspecified atom stereocenters. The molecule has 1 aliphatic heterocycles. The van der Waals surface area contributed by atoms with Crippen LogP contribution in [0.3, 0.4) is 0 Å². The Balaban J connectivity index is 1.87. The Hall–Kier alpha value is -1.99. The van der Waals surface area contributed by atoms with E-state index in [0.29, 0.717) is 23.6 Å². The van der Waals surface area contributed by atoms with E-state index in [1.54, 1.807) is 24.3 Å². The van der Waals surface area contributed by atoms with Gasteiger partial charge in [0.1, 0.15) is 4.99 Å². The summed E-state index contributed by atoms with van der Waals surface area (Å²) in [5.74, 6) is -1.33. The fourth-order valence-electron chi connectivity index (χ4n) is 2.52. The highest BCUT2D eigenvalue weighted by Gasteiger charge is 2.26. The number of benzene rings is 1. The number of anilines is 1. The minimum absolute atomic E-state index is 0.158. The molecule has 0 radical (unpaired) electrons. The molecule has 2 rings (SSSR count). The van der Waals surface area contributed by atoms with E-state index in [-0.39, 0.29) is 18.4 Å². The lowest BCUT2D eigenvalue weighted by Gasteiger charge is -2.29. The first kappa shape index (κ1) is 16.4. The number of hydrogen-bond acceptors (Lipinski definition) is 4. The van der Waals surface area contributed by atoms with Gasteiger partial charge in [0.15, 0.2) is 0 Å². The van der Waals surface area contributed by atoms with E-state index in [4.69, 9.17) is 23.1 Å². The first-order chi connectivity index (χ1) is 10.5. The molecule has 1 fully saturated rings. The molecule has 1 aromatic rings. The fraction of sp³-hybridized carbons (Fsp3) is 0.400. The van der Waals surface area contributed by atoms with E-state index in [1.807, 2.05) is 4.90 Å². The summed E-state index contributed by atoms with van der Waals surface area (Å²) >= 11 is 4.87. The maximum Gasteiger partial charge on any atom is 0.307 e. The third kappa shape index (κ3) is 4.51. The number of carboxylic acids is 1. The van der Waals surface area contributed by atoms with Gasteiger partial charge >= 0.3 is 5.97 Å². The summed E-state index contributed by atoms with van der Waals surface area (Å²) in [7, 11) is 0. The van der Waals surface area contributed by atoms with Crippen molar-refractivity contribution in [2.45, 2.75) is 12.8 Å². The predicted molar refractivity (Wildman–Crippen MR) is 87.8 cm³/mol. The Morgan fingerprint density at radius 2 is 2.05 bits per heavy atom. The highest BCUT2D eigenvalue weighted by Crippen LogP contribution is 2.16. The SMILES string of the molecule is NC(=S)c1ccc(NC(=O)CN2CCCC(C(=O)O)C2)cc1. The molecule has 1 saturated heterocycles. The van der Waals surface area contributed by atoms with E-state index in [0.717, 1.165) is 18.5 Å². The summed E-state index contributed by atoms with van der Waals surface area (Å²) in [6.45, 7) is 1.36. The van der Waals surface area contributed by atoms with Crippen LogP contribution in [0.15, 0.2) is 24.3 Å². The molecule has 1 aliphatic rings. The zero-order valence-corrected chi connectivity index (χ0v) is 12.9. The summed E-state index contributed by atoms with van der Waals surface area (Å²) in [6.07, 6.45) is 1.47. The Morgan fingerprint density at radius 1 is 1.36 bits per heavy atom. The number of amides is 1. The van der Waals surface area contributed by atoms with Crippen molar-refractivity contribution in [3.05, 3.63) is 29.8 Å². The van der Waals surface area contributed by atoms with Crippen molar-refractivity contribution in [1.29, 1.82) is 0 Å². The number of carbonyl (C=O) groups excluding carboxylic acids is 1. The monoisotopic (exact) mass is 321 g/mol. The lowest BCUT2D eigenvalue weighted by atomic mass is 9.98. The zero-order chi connectivity index (χ0) is 16.1. The lowest BCUT2D eigenvalue weighted by Crippen LogP contribution is -2.42. The minimum atomic E-state index is -0.793. The van der Waals surface area contributed by atoms with E-state index >= 15 is 0 Å². The van der Waals surface area contributed by atoms with Crippen LogP contribution in [0.4, 0.5) is 5.69 Å². The summed E-state index contributed by atoms with van der Waals surface area (Å²) in [5, 5.41) is 11.8. The van der Waals surface area contributed by atoms with Crippen molar-refractivity contribution in [2.75, 3.05) is 25.0 Å². The van der Waals surface area contributed by atoms with E-state index in [9.17, 15) is 9.59 Å². The van der Waals surface area contributed by atoms with Crippen LogP contribution in [0.5, 0.6) is 0 Å². The normalized spacial score (nSPS) is 18.6. The van der Waals surface area contributed by atoms with Gasteiger partial charge in [-0.1, -0.05) is 12.2 Å². The molecule has 4 N–H and O–H groups in total. The maximum absolute atomic E-state index is 12.0. The molecule has 1 atom stereocenters. The number of piperidine rings is 1. The molecule has 0 bridgehead atoms. The van der Waals surface area contributed by atoms with Crippen molar-refractivity contribution in [2.24, 2.45) is 11.7 Å². The Labute approximate surface area is 134 Å². The molecule has 118 valence electrons. The largest absolute Gasteiger partial charge is 0.481 e. The number of thiocarbonyl (C=S) groups is 1. The Morgan fingerprint density at radius 3 is 2.64 bits per heavy atom. The van der Waals surface area contributed by atoms with Gasteiger partial charge in [-0.3, -0.25) is 14.5 Å². The molecule has 6 nitrogen and oxygen atoms in total. The van der Waals surface area contributed by atoms with Gasteiger partial charge in [0.25, 0.3) is 0 Å². The quantitative estimate of drug-likeness (QED) is 0.702. The second-order valence-corrected chi connectivity index (χ2v) is 5.84. The first-order valence-electron chi connectivity index (χ1n) is 7.10. The Kier molecular flexibility index (Phi) is 5.46. The molecule has 1 heterocycles. The zero-order valence-electron chi connectivity index (χ0n) is 12.1. The summed E-state index contributed by atoms with van der Waals surface area (Å²) in [4.78, 5) is 25.2. The highest BCUT2D eigenvalue weighted by molar-refractivity contribution is 7.80. The molecule has 0 aromatic heterocycles. The lowest BCUT2D eigenvalue weighted by molar-refractivity contribution is -0.144. The van der Waals surface area contributed by atoms with Crippen LogP contribution >= 0.6 is 12.2 Å². The van der Waals surface area contributed by atoms with Gasteiger partial charge < -0.3 is 16.2 Å². The fourth-order valence-corrected chi connectivity index (χ4v) is 2.66. The van der Waals surface area contributed by atoms with Gasteiger partial charge in [-0.05, 0) is 43.7 Å². The van der Waals surface area contributed by atoms with Gasteiger partial charge in [0, 0.05) is 17.8 Å². The molecule has 1 amide bonds. The standard InChI is InChI=1S/C15H19N3O3S/c16-14(22)10-3-5-12(6-4-10)17-13(19)9-18-7-1-2-11(8-18)15(20)21/h3-6,11H,1-2,7-9H2,(H2,16,22)(H,17,19)(H,20,21). The van der Waals surface area contributed by atoms with Crippen molar-refractivity contribution in [3.63, 3.8) is 0 Å². The van der Waals surface area contributed by atoms with Gasteiger partial charge in [-0.2, -0.15) is 0 Å². The number of nitrogens with zero attached hydrogens (tertiary/aromatic N) is 1. The topological polar surface area (TPSA) is 95.7 Å². The highest BCUT2D eigenvalue weighted by atomic mass is 32.1. The van der Waals surface area contributed by atoms with Gasteiger partial charge in [-0.15, -0.1) is 0 Å². The van der Waals surface area contributed by atoms with Crippen LogP contribution < -0.4 is 11.1 Å². The summed E-state index contributed by atoms with van der Waals surface area (Å²) < 4.78 is 0. The van der Waals surface area contributed by atoms with E-state index in [2.05, 4.69) is 5.32 Å². The van der Waals surface area contributed by atoms with Crippen molar-refractivity contribution < 1.29 is 14.7 Å². The third-order valence-electron chi connectivity index (χ3n) is 3.68. The van der Waals surface area contributed by atoms with Crippen LogP contribution in [-0.2, 0) is 9.59 Å². The number of nitrogens with two attached hydrogens (primary N) is 1. The van der Waals surface area contributed by atoms with Crippen molar-refractivity contribution in [1.82, 2.24) is 4.90 Å². The average Bonchev–Trinajstić information content (AvgIpc) is 2.47. The summed E-state index contributed by atoms with van der Waals surface area (Å²) in [6, 6.07) is 6.98. The van der Waals surface area contributed by atoms with Gasteiger partial charge in [-0.25, -0.2) is 0 Å². The number of nitrogens with one attached hydrogen (secondary N) is 1. The van der Waals surface area contributed by atoms with E-state index < -0.39 is 5.97 Å². The Bertz CT molecular complexity index is 574. The third-order valence-corrected chi connectivity index (χ3v) is 3.91. The summed E-state index contributed by atoms with van der Waals surface area (Å²) in [5.41, 5.74) is 6.92. The number of aliphatic carboxylic acids is 1. The maximum atomic E-state index is 12.0. The molecular weight excluding hydrogens is 302 g/mol. The van der Waals surface area contributed by atoms with Crippen LogP contribution in [0.25, 0.3) is 0 Å². The number of hydrogen-bond donors (Lipinski definition) is 3. The van der Waals surface area contributed by atoms with Crippen molar-refractivity contribution in [3.8, 4) is 0 Å². The molecule has 22 heavy (non-hydrogen) atoms. The predicted octanol–water partition coefficient (Wildman–Crippen LogP) is 1.06. The van der Waals surface area contributed by atoms with Crippen molar-refractivity contribution >= 4 is 34.8 Å². The molecule has 1 aromatic carbocycles. The van der Waals surface area contributed by atoms with Crippen LogP contribution in [-0.4, -0.2) is 46.5 Å². The smallest absolute Gasteiger partial charge is 0.307 e. The van der Waals surface area contributed by atoms with Crippen LogP contribution in [0.1, 0.15) is 18.4 Å². The number of carboxylic acid groups (broad SMARTS) is 1. The van der Waals surface area contributed by atoms with Crippen LogP contribution in [0, 0.1) is 5.92 Å². The average molecular weight is 321 g/mol. The molecule has 0 aliphatic carbocycles. The van der Waals surface area contributed by atoms with Gasteiger partial charge in [0.2, 0.25) is 5.91 Å². The van der Waals surface area contributed by atoms with E-state index in [1.165, 1.54) is 0 Å². The number of rotatable bonds is 5. The molecular formula is C15H19N3O3S. The van der Waals surface area contributed by atoms with Gasteiger partial charge in [0.05, 0.1) is 12.5 Å². The van der Waals surface area contributed by atoms with Crippen LogP contribution in [0.2, 0.25) is 0 Å². The molecule has 7 heteroatoms. The first-order valence-corrected chi connectivity index (χ1v) is 7.51. The number of likely N-dealkylation sites (tertiary alicyclic amines) is 1. The molecule has 0 spiro atoms. The molecule has 0 saturated carbocycles. The second-order valence-electron chi connectivity index (χ2n) is 5.40.